The number of amides is 1. The van der Waals surface area contributed by atoms with E-state index in [9.17, 15) is 4.79 Å². The van der Waals surface area contributed by atoms with E-state index < -0.39 is 0 Å². The molecule has 1 aromatic heterocycles. The Morgan fingerprint density at radius 2 is 1.82 bits per heavy atom. The molecule has 0 radical (unpaired) electrons. The van der Waals surface area contributed by atoms with Gasteiger partial charge in [-0.3, -0.25) is 9.69 Å². The first-order valence-electron chi connectivity index (χ1n) is 8.42. The SMILES string of the molecule is Cc1nnc(C2CCN(CC(=O)N3CCC(C)CC3)CC2)s1. The average Bonchev–Trinajstić information content (AvgIpc) is 2.95. The minimum Gasteiger partial charge on any atom is -0.342 e. The number of carbonyl (C=O) groups is 1. The van der Waals surface area contributed by atoms with E-state index in [2.05, 4.69) is 26.9 Å². The van der Waals surface area contributed by atoms with Crippen LogP contribution in [0, 0.1) is 12.8 Å². The molecule has 2 aliphatic rings. The molecule has 0 spiro atoms. The van der Waals surface area contributed by atoms with Gasteiger partial charge in [0.2, 0.25) is 5.91 Å². The van der Waals surface area contributed by atoms with Crippen molar-refractivity contribution >= 4 is 17.2 Å². The molecule has 0 aromatic carbocycles. The molecule has 22 heavy (non-hydrogen) atoms. The van der Waals surface area contributed by atoms with Gasteiger partial charge in [0.05, 0.1) is 6.54 Å². The van der Waals surface area contributed by atoms with Gasteiger partial charge in [0, 0.05) is 19.0 Å². The summed E-state index contributed by atoms with van der Waals surface area (Å²) in [6.07, 6.45) is 4.51. The molecule has 0 bridgehead atoms. The highest BCUT2D eigenvalue weighted by atomic mass is 32.1. The van der Waals surface area contributed by atoms with E-state index in [0.717, 1.165) is 62.8 Å². The van der Waals surface area contributed by atoms with Crippen molar-refractivity contribution in [2.45, 2.75) is 45.4 Å². The lowest BCUT2D eigenvalue weighted by Crippen LogP contribution is -2.45. The Balaban J connectivity index is 1.44. The van der Waals surface area contributed by atoms with Crippen LogP contribution in [-0.4, -0.2) is 58.6 Å². The van der Waals surface area contributed by atoms with Crippen molar-refractivity contribution in [1.82, 2.24) is 20.0 Å². The molecule has 2 aliphatic heterocycles. The van der Waals surface area contributed by atoms with Gasteiger partial charge in [-0.05, 0) is 51.6 Å². The molecule has 5 nitrogen and oxygen atoms in total. The minimum atomic E-state index is 0.317. The van der Waals surface area contributed by atoms with Gasteiger partial charge in [0.1, 0.15) is 10.0 Å². The standard InChI is InChI=1S/C16H26N4OS/c1-12-3-9-20(10-4-12)15(21)11-19-7-5-14(6-8-19)16-18-17-13(2)22-16/h12,14H,3-11H2,1-2H3. The van der Waals surface area contributed by atoms with Crippen LogP contribution in [0.4, 0.5) is 0 Å². The first kappa shape index (κ1) is 15.9. The zero-order valence-corrected chi connectivity index (χ0v) is 14.4. The van der Waals surface area contributed by atoms with E-state index in [1.807, 2.05) is 6.92 Å². The number of likely N-dealkylation sites (tertiary alicyclic amines) is 2. The third-order valence-corrected chi connectivity index (χ3v) is 5.97. The second-order valence-corrected chi connectivity index (χ2v) is 7.99. The first-order valence-corrected chi connectivity index (χ1v) is 9.23. The van der Waals surface area contributed by atoms with Crippen molar-refractivity contribution in [1.29, 1.82) is 0 Å². The molecular weight excluding hydrogens is 296 g/mol. The molecule has 2 saturated heterocycles. The Bertz CT molecular complexity index is 502. The van der Waals surface area contributed by atoms with Crippen molar-refractivity contribution in [3.63, 3.8) is 0 Å². The second kappa shape index (κ2) is 7.04. The number of hydrogen-bond donors (Lipinski definition) is 0. The summed E-state index contributed by atoms with van der Waals surface area (Å²) in [5, 5.41) is 10.6. The molecule has 122 valence electrons. The molecule has 0 atom stereocenters. The van der Waals surface area contributed by atoms with E-state index in [-0.39, 0.29) is 0 Å². The number of rotatable bonds is 3. The Kier molecular flexibility index (Phi) is 5.08. The molecule has 0 aliphatic carbocycles. The zero-order chi connectivity index (χ0) is 15.5. The van der Waals surface area contributed by atoms with E-state index in [0.29, 0.717) is 18.4 Å². The molecular formula is C16H26N4OS. The van der Waals surface area contributed by atoms with Gasteiger partial charge < -0.3 is 4.90 Å². The van der Waals surface area contributed by atoms with Gasteiger partial charge in [-0.15, -0.1) is 21.5 Å². The number of piperidine rings is 2. The van der Waals surface area contributed by atoms with Crippen LogP contribution in [0.25, 0.3) is 0 Å². The third kappa shape index (κ3) is 3.84. The molecule has 1 aromatic rings. The van der Waals surface area contributed by atoms with E-state index in [4.69, 9.17) is 0 Å². The van der Waals surface area contributed by atoms with Crippen LogP contribution >= 0.6 is 11.3 Å². The molecule has 3 heterocycles. The number of aryl methyl sites for hydroxylation is 1. The van der Waals surface area contributed by atoms with Crippen LogP contribution < -0.4 is 0 Å². The highest BCUT2D eigenvalue weighted by molar-refractivity contribution is 7.11. The number of carbonyl (C=O) groups excluding carboxylic acids is 1. The number of hydrogen-bond acceptors (Lipinski definition) is 5. The van der Waals surface area contributed by atoms with Crippen LogP contribution in [0.2, 0.25) is 0 Å². The topological polar surface area (TPSA) is 49.3 Å². The maximum Gasteiger partial charge on any atom is 0.236 e. The highest BCUT2D eigenvalue weighted by Gasteiger charge is 2.26. The normalized spacial score (nSPS) is 22.2. The van der Waals surface area contributed by atoms with Crippen LogP contribution in [-0.2, 0) is 4.79 Å². The second-order valence-electron chi connectivity index (χ2n) is 6.77. The Morgan fingerprint density at radius 1 is 1.14 bits per heavy atom. The molecule has 6 heteroatoms. The molecule has 0 unspecified atom stereocenters. The van der Waals surface area contributed by atoms with Gasteiger partial charge in [-0.2, -0.15) is 0 Å². The van der Waals surface area contributed by atoms with Crippen LogP contribution in [0.3, 0.4) is 0 Å². The maximum atomic E-state index is 12.4. The Hall–Kier alpha value is -1.01. The summed E-state index contributed by atoms with van der Waals surface area (Å²) in [6.45, 7) is 8.77. The quantitative estimate of drug-likeness (QED) is 0.857. The van der Waals surface area contributed by atoms with E-state index in [1.165, 1.54) is 5.01 Å². The third-order valence-electron chi connectivity index (χ3n) is 4.97. The predicted octanol–water partition coefficient (Wildman–Crippen LogP) is 2.28. The molecule has 0 saturated carbocycles. The smallest absolute Gasteiger partial charge is 0.236 e. The van der Waals surface area contributed by atoms with Gasteiger partial charge in [0.25, 0.3) is 0 Å². The molecule has 1 amide bonds. The Morgan fingerprint density at radius 3 is 2.41 bits per heavy atom. The summed E-state index contributed by atoms with van der Waals surface area (Å²) >= 11 is 1.72. The summed E-state index contributed by atoms with van der Waals surface area (Å²) in [6, 6.07) is 0. The highest BCUT2D eigenvalue weighted by Crippen LogP contribution is 2.29. The van der Waals surface area contributed by atoms with E-state index >= 15 is 0 Å². The van der Waals surface area contributed by atoms with Crippen molar-refractivity contribution in [3.05, 3.63) is 10.0 Å². The fourth-order valence-corrected chi connectivity index (χ4v) is 4.23. The lowest BCUT2D eigenvalue weighted by atomic mass is 9.97. The summed E-state index contributed by atoms with van der Waals surface area (Å²) < 4.78 is 0. The van der Waals surface area contributed by atoms with Gasteiger partial charge in [0.15, 0.2) is 0 Å². The van der Waals surface area contributed by atoms with Gasteiger partial charge in [-0.1, -0.05) is 6.92 Å². The lowest BCUT2D eigenvalue weighted by molar-refractivity contribution is -0.134. The summed E-state index contributed by atoms with van der Waals surface area (Å²) in [7, 11) is 0. The minimum absolute atomic E-state index is 0.317. The average molecular weight is 322 g/mol. The van der Waals surface area contributed by atoms with Crippen LogP contribution in [0.15, 0.2) is 0 Å². The maximum absolute atomic E-state index is 12.4. The fraction of sp³-hybridized carbons (Fsp3) is 0.812. The van der Waals surface area contributed by atoms with Crippen molar-refractivity contribution in [2.24, 2.45) is 5.92 Å². The summed E-state index contributed by atoms with van der Waals surface area (Å²) in [5.74, 6) is 1.63. The van der Waals surface area contributed by atoms with Crippen LogP contribution in [0.1, 0.15) is 48.5 Å². The number of aromatic nitrogens is 2. The zero-order valence-electron chi connectivity index (χ0n) is 13.6. The van der Waals surface area contributed by atoms with Crippen molar-refractivity contribution in [3.8, 4) is 0 Å². The monoisotopic (exact) mass is 322 g/mol. The largest absolute Gasteiger partial charge is 0.342 e. The fourth-order valence-electron chi connectivity index (χ4n) is 3.36. The Labute approximate surface area is 136 Å². The summed E-state index contributed by atoms with van der Waals surface area (Å²) in [5.41, 5.74) is 0. The predicted molar refractivity (Wildman–Crippen MR) is 88.0 cm³/mol. The molecule has 0 N–H and O–H groups in total. The van der Waals surface area contributed by atoms with Gasteiger partial charge >= 0.3 is 0 Å². The lowest BCUT2D eigenvalue weighted by Gasteiger charge is -2.34. The van der Waals surface area contributed by atoms with Crippen LogP contribution in [0.5, 0.6) is 0 Å². The summed E-state index contributed by atoms with van der Waals surface area (Å²) in [4.78, 5) is 16.8. The molecule has 2 fully saturated rings. The van der Waals surface area contributed by atoms with Gasteiger partial charge in [-0.25, -0.2) is 0 Å². The van der Waals surface area contributed by atoms with Crippen molar-refractivity contribution < 1.29 is 4.79 Å². The number of nitrogens with zero attached hydrogens (tertiary/aromatic N) is 4. The first-order chi connectivity index (χ1) is 10.6. The van der Waals surface area contributed by atoms with E-state index in [1.54, 1.807) is 11.3 Å². The molecule has 3 rings (SSSR count). The van der Waals surface area contributed by atoms with Crippen molar-refractivity contribution in [2.75, 3.05) is 32.7 Å².